The minimum absolute atomic E-state index is 0.114. The second-order valence-electron chi connectivity index (χ2n) is 5.81. The fourth-order valence-corrected chi connectivity index (χ4v) is 3.15. The van der Waals surface area contributed by atoms with Gasteiger partial charge in [-0.05, 0) is 43.4 Å². The summed E-state index contributed by atoms with van der Waals surface area (Å²) in [7, 11) is 0. The van der Waals surface area contributed by atoms with Crippen molar-refractivity contribution in [2.45, 2.75) is 58.3 Å². The van der Waals surface area contributed by atoms with Crippen LogP contribution in [0.3, 0.4) is 0 Å². The Balaban J connectivity index is 1.95. The van der Waals surface area contributed by atoms with E-state index in [-0.39, 0.29) is 5.92 Å². The summed E-state index contributed by atoms with van der Waals surface area (Å²) in [4.78, 5) is 12.3. The minimum Gasteiger partial charge on any atom is -0.494 e. The maximum Gasteiger partial charge on any atom is 0.140 e. The topological polar surface area (TPSA) is 26.3 Å². The molecule has 1 aromatic carbocycles. The lowest BCUT2D eigenvalue weighted by atomic mass is 9.76. The largest absolute Gasteiger partial charge is 0.494 e. The van der Waals surface area contributed by atoms with Crippen LogP contribution in [0.25, 0.3) is 0 Å². The third-order valence-electron chi connectivity index (χ3n) is 4.30. The number of Topliss-reactive ketones (excluding diaryl/α,β-unsaturated/α-hetero) is 1. The molecule has 20 heavy (non-hydrogen) atoms. The molecule has 1 fully saturated rings. The fourth-order valence-electron chi connectivity index (χ4n) is 3.15. The Kier molecular flexibility index (Phi) is 5.63. The van der Waals surface area contributed by atoms with Crippen molar-refractivity contribution in [1.82, 2.24) is 0 Å². The highest BCUT2D eigenvalue weighted by Crippen LogP contribution is 2.35. The molecule has 0 saturated heterocycles. The van der Waals surface area contributed by atoms with Crippen molar-refractivity contribution in [3.05, 3.63) is 29.8 Å². The summed E-state index contributed by atoms with van der Waals surface area (Å²) in [5.74, 6) is 2.06. The first-order valence-corrected chi connectivity index (χ1v) is 8.00. The van der Waals surface area contributed by atoms with Crippen LogP contribution in [0.5, 0.6) is 5.75 Å². The predicted octanol–water partition coefficient (Wildman–Crippen LogP) is 4.73. The van der Waals surface area contributed by atoms with E-state index < -0.39 is 0 Å². The van der Waals surface area contributed by atoms with Gasteiger partial charge in [-0.3, -0.25) is 4.79 Å². The monoisotopic (exact) mass is 274 g/mol. The van der Waals surface area contributed by atoms with Crippen molar-refractivity contribution in [1.29, 1.82) is 0 Å². The van der Waals surface area contributed by atoms with Gasteiger partial charge in [-0.15, -0.1) is 0 Å². The van der Waals surface area contributed by atoms with Gasteiger partial charge in [0.15, 0.2) is 0 Å². The van der Waals surface area contributed by atoms with Crippen LogP contribution in [0, 0.1) is 5.92 Å². The van der Waals surface area contributed by atoms with E-state index in [4.69, 9.17) is 4.74 Å². The summed E-state index contributed by atoms with van der Waals surface area (Å²) in [6, 6.07) is 8.07. The van der Waals surface area contributed by atoms with Gasteiger partial charge in [-0.1, -0.05) is 38.3 Å². The third-order valence-corrected chi connectivity index (χ3v) is 4.30. The number of rotatable bonds is 6. The molecule has 2 atom stereocenters. The normalized spacial score (nSPS) is 22.8. The SMILES string of the molecule is CCCC[C@H]1CC[C@H](c2ccc(OCC)cc2)C(=O)C1. The summed E-state index contributed by atoms with van der Waals surface area (Å²) in [6.45, 7) is 4.88. The molecule has 1 aromatic rings. The summed E-state index contributed by atoms with van der Waals surface area (Å²) in [6.07, 6.45) is 6.69. The number of carbonyl (C=O) groups excluding carboxylic acids is 1. The Morgan fingerprint density at radius 1 is 1.15 bits per heavy atom. The molecular weight excluding hydrogens is 248 g/mol. The standard InChI is InChI=1S/C18H26O2/c1-3-5-6-14-7-12-17(18(19)13-14)15-8-10-16(11-9-15)20-4-2/h8-11,14,17H,3-7,12-13H2,1-2H3/t14-,17+/m0/s1. The zero-order valence-electron chi connectivity index (χ0n) is 12.7. The van der Waals surface area contributed by atoms with Gasteiger partial charge in [0.2, 0.25) is 0 Å². The van der Waals surface area contributed by atoms with Crippen molar-refractivity contribution >= 4 is 5.78 Å². The maximum absolute atomic E-state index is 12.3. The van der Waals surface area contributed by atoms with E-state index in [1.54, 1.807) is 0 Å². The summed E-state index contributed by atoms with van der Waals surface area (Å²) >= 11 is 0. The smallest absolute Gasteiger partial charge is 0.140 e. The maximum atomic E-state index is 12.3. The van der Waals surface area contributed by atoms with E-state index in [1.807, 2.05) is 19.1 Å². The molecule has 0 spiro atoms. The number of unbranched alkanes of at least 4 members (excludes halogenated alkanes) is 1. The van der Waals surface area contributed by atoms with E-state index in [0.29, 0.717) is 18.3 Å². The Hall–Kier alpha value is -1.31. The lowest BCUT2D eigenvalue weighted by molar-refractivity contribution is -0.123. The van der Waals surface area contributed by atoms with Crippen LogP contribution < -0.4 is 4.74 Å². The molecule has 2 rings (SSSR count). The summed E-state index contributed by atoms with van der Waals surface area (Å²) in [5, 5.41) is 0. The van der Waals surface area contributed by atoms with Crippen LogP contribution in [0.4, 0.5) is 0 Å². The van der Waals surface area contributed by atoms with Gasteiger partial charge in [0.05, 0.1) is 6.61 Å². The number of hydrogen-bond donors (Lipinski definition) is 0. The Morgan fingerprint density at radius 2 is 1.90 bits per heavy atom. The van der Waals surface area contributed by atoms with E-state index in [2.05, 4.69) is 19.1 Å². The molecule has 110 valence electrons. The van der Waals surface area contributed by atoms with Gasteiger partial charge in [-0.25, -0.2) is 0 Å². The molecule has 2 nitrogen and oxygen atoms in total. The highest BCUT2D eigenvalue weighted by molar-refractivity contribution is 5.86. The number of ether oxygens (including phenoxy) is 1. The van der Waals surface area contributed by atoms with E-state index in [9.17, 15) is 4.79 Å². The summed E-state index contributed by atoms with van der Waals surface area (Å²) < 4.78 is 5.45. The van der Waals surface area contributed by atoms with Crippen LogP contribution >= 0.6 is 0 Å². The molecule has 0 amide bonds. The lowest BCUT2D eigenvalue weighted by Crippen LogP contribution is -2.23. The van der Waals surface area contributed by atoms with Gasteiger partial charge in [-0.2, -0.15) is 0 Å². The molecule has 0 unspecified atom stereocenters. The van der Waals surface area contributed by atoms with Gasteiger partial charge < -0.3 is 4.74 Å². The zero-order chi connectivity index (χ0) is 14.4. The quantitative estimate of drug-likeness (QED) is 0.749. The van der Waals surface area contributed by atoms with Crippen LogP contribution in [-0.4, -0.2) is 12.4 Å². The first-order valence-electron chi connectivity index (χ1n) is 8.00. The van der Waals surface area contributed by atoms with Crippen molar-refractivity contribution in [3.8, 4) is 5.75 Å². The zero-order valence-corrected chi connectivity index (χ0v) is 12.7. The second-order valence-corrected chi connectivity index (χ2v) is 5.81. The second kappa shape index (κ2) is 7.47. The van der Waals surface area contributed by atoms with Crippen molar-refractivity contribution in [3.63, 3.8) is 0 Å². The van der Waals surface area contributed by atoms with E-state index in [0.717, 1.165) is 24.2 Å². The fraction of sp³-hybridized carbons (Fsp3) is 0.611. The van der Waals surface area contributed by atoms with Crippen LogP contribution in [0.2, 0.25) is 0 Å². The predicted molar refractivity (Wildman–Crippen MR) is 82.2 cm³/mol. The van der Waals surface area contributed by atoms with Crippen molar-refractivity contribution in [2.75, 3.05) is 6.61 Å². The average Bonchev–Trinajstić information content (AvgIpc) is 2.47. The number of ketones is 1. The van der Waals surface area contributed by atoms with E-state index in [1.165, 1.54) is 25.7 Å². The summed E-state index contributed by atoms with van der Waals surface area (Å²) in [5.41, 5.74) is 1.16. The molecule has 1 saturated carbocycles. The van der Waals surface area contributed by atoms with Gasteiger partial charge in [0.25, 0.3) is 0 Å². The van der Waals surface area contributed by atoms with Crippen LogP contribution in [-0.2, 0) is 4.79 Å². The number of benzene rings is 1. The molecule has 1 aliphatic carbocycles. The highest BCUT2D eigenvalue weighted by Gasteiger charge is 2.29. The molecule has 1 aliphatic rings. The molecule has 0 bridgehead atoms. The molecule has 2 heteroatoms. The Labute approximate surface area is 122 Å². The highest BCUT2D eigenvalue weighted by atomic mass is 16.5. The Bertz CT molecular complexity index is 422. The van der Waals surface area contributed by atoms with E-state index >= 15 is 0 Å². The molecule has 0 aliphatic heterocycles. The molecule has 0 radical (unpaired) electrons. The van der Waals surface area contributed by atoms with Crippen LogP contribution in [0.1, 0.15) is 63.9 Å². The third kappa shape index (κ3) is 3.84. The van der Waals surface area contributed by atoms with Gasteiger partial charge in [0.1, 0.15) is 11.5 Å². The Morgan fingerprint density at radius 3 is 2.50 bits per heavy atom. The first-order chi connectivity index (χ1) is 9.74. The molecule has 0 heterocycles. The first kappa shape index (κ1) is 15.1. The van der Waals surface area contributed by atoms with Gasteiger partial charge in [0, 0.05) is 12.3 Å². The molecule has 0 aromatic heterocycles. The lowest BCUT2D eigenvalue weighted by Gasteiger charge is -2.27. The molecule has 0 N–H and O–H groups in total. The average molecular weight is 274 g/mol. The van der Waals surface area contributed by atoms with Crippen molar-refractivity contribution in [2.24, 2.45) is 5.92 Å². The minimum atomic E-state index is 0.114. The van der Waals surface area contributed by atoms with Crippen LogP contribution in [0.15, 0.2) is 24.3 Å². The van der Waals surface area contributed by atoms with Crippen molar-refractivity contribution < 1.29 is 9.53 Å². The molecular formula is C18H26O2. The van der Waals surface area contributed by atoms with Gasteiger partial charge >= 0.3 is 0 Å². The number of hydrogen-bond acceptors (Lipinski definition) is 2. The number of carbonyl (C=O) groups is 1.